The van der Waals surface area contributed by atoms with Gasteiger partial charge in [-0.2, -0.15) is 0 Å². The first-order valence-electron chi connectivity index (χ1n) is 9.18. The number of hydrogen-bond donors (Lipinski definition) is 1. The lowest BCUT2D eigenvalue weighted by atomic mass is 10.2. The molecule has 1 aliphatic rings. The summed E-state index contributed by atoms with van der Waals surface area (Å²) in [5.41, 5.74) is 2.45. The lowest BCUT2D eigenvalue weighted by Crippen LogP contribution is -2.33. The number of aryl methyl sites for hydroxylation is 1. The molecule has 6 nitrogen and oxygen atoms in total. The van der Waals surface area contributed by atoms with Crippen LogP contribution in [0.25, 0.3) is 0 Å². The molecule has 0 aliphatic carbocycles. The normalized spacial score (nSPS) is 17.4. The zero-order valence-corrected chi connectivity index (χ0v) is 17.2. The van der Waals surface area contributed by atoms with E-state index in [-0.39, 0.29) is 18.2 Å². The molecule has 1 heterocycles. The van der Waals surface area contributed by atoms with Crippen LogP contribution in [0.5, 0.6) is 5.75 Å². The third-order valence-electron chi connectivity index (χ3n) is 4.28. The van der Waals surface area contributed by atoms with Crippen molar-refractivity contribution in [2.24, 2.45) is 4.99 Å². The number of carbonyl (C=O) groups excluding carboxylic acids is 2. The largest absolute Gasteiger partial charge is 0.497 e. The fraction of sp³-hybridized carbons (Fsp3) is 0.227. The van der Waals surface area contributed by atoms with E-state index in [4.69, 9.17) is 4.74 Å². The number of rotatable bonds is 7. The minimum absolute atomic E-state index is 0.0716. The van der Waals surface area contributed by atoms with Crippen LogP contribution in [-0.2, 0) is 9.59 Å². The number of nitrogens with one attached hydrogen (secondary N) is 1. The van der Waals surface area contributed by atoms with Crippen LogP contribution in [0.3, 0.4) is 0 Å². The van der Waals surface area contributed by atoms with Gasteiger partial charge in [-0.3, -0.25) is 14.5 Å². The van der Waals surface area contributed by atoms with Gasteiger partial charge >= 0.3 is 0 Å². The van der Waals surface area contributed by atoms with E-state index in [9.17, 15) is 9.59 Å². The molecule has 2 aromatic carbocycles. The van der Waals surface area contributed by atoms with Gasteiger partial charge in [0.2, 0.25) is 11.8 Å². The minimum atomic E-state index is -0.524. The van der Waals surface area contributed by atoms with E-state index in [2.05, 4.69) is 16.9 Å². The Labute approximate surface area is 174 Å². The summed E-state index contributed by atoms with van der Waals surface area (Å²) < 4.78 is 5.23. The highest BCUT2D eigenvalue weighted by Gasteiger charge is 2.38. The van der Waals surface area contributed by atoms with Crippen molar-refractivity contribution < 1.29 is 14.3 Å². The quantitative estimate of drug-likeness (QED) is 0.698. The standard InChI is InChI=1S/C22H23N3O3S/c1-4-11-25-21(27)19(14-20(26)23-16-8-5-7-15(2)12-16)29-22(25)24-17-9-6-10-18(13-17)28-3/h4-10,12-13,19H,1,11,14H2,2-3H3,(H,23,26)/t19-/m0/s1. The molecule has 1 atom stereocenters. The highest BCUT2D eigenvalue weighted by molar-refractivity contribution is 8.15. The molecule has 1 saturated heterocycles. The number of hydrogen-bond acceptors (Lipinski definition) is 5. The van der Waals surface area contributed by atoms with Crippen molar-refractivity contribution in [3.8, 4) is 5.75 Å². The molecule has 1 fully saturated rings. The summed E-state index contributed by atoms with van der Waals surface area (Å²) in [7, 11) is 1.59. The van der Waals surface area contributed by atoms with Crippen LogP contribution >= 0.6 is 11.8 Å². The number of amides is 2. The molecule has 1 aliphatic heterocycles. The van der Waals surface area contributed by atoms with Gasteiger partial charge < -0.3 is 10.1 Å². The van der Waals surface area contributed by atoms with Crippen molar-refractivity contribution in [1.82, 2.24) is 4.90 Å². The van der Waals surface area contributed by atoms with E-state index >= 15 is 0 Å². The van der Waals surface area contributed by atoms with Crippen LogP contribution in [0.1, 0.15) is 12.0 Å². The SMILES string of the molecule is C=CCN1C(=O)[C@H](CC(=O)Nc2cccc(C)c2)SC1=Nc1cccc(OC)c1. The highest BCUT2D eigenvalue weighted by atomic mass is 32.2. The van der Waals surface area contributed by atoms with Crippen LogP contribution in [0, 0.1) is 6.92 Å². The monoisotopic (exact) mass is 409 g/mol. The van der Waals surface area contributed by atoms with Crippen molar-refractivity contribution in [2.75, 3.05) is 19.0 Å². The van der Waals surface area contributed by atoms with Crippen molar-refractivity contribution in [1.29, 1.82) is 0 Å². The van der Waals surface area contributed by atoms with Gasteiger partial charge in [0.25, 0.3) is 0 Å². The molecule has 0 aromatic heterocycles. The van der Waals surface area contributed by atoms with Gasteiger partial charge in [0, 0.05) is 24.7 Å². The van der Waals surface area contributed by atoms with Crippen molar-refractivity contribution >= 4 is 40.1 Å². The third kappa shape index (κ3) is 5.26. The Balaban J connectivity index is 1.75. The number of ether oxygens (including phenoxy) is 1. The van der Waals surface area contributed by atoms with Crippen LogP contribution < -0.4 is 10.1 Å². The second kappa shape index (κ2) is 9.43. The summed E-state index contributed by atoms with van der Waals surface area (Å²) in [5, 5.41) is 2.89. The highest BCUT2D eigenvalue weighted by Crippen LogP contribution is 2.32. The Morgan fingerprint density at radius 3 is 2.83 bits per heavy atom. The van der Waals surface area contributed by atoms with Gasteiger partial charge in [0.15, 0.2) is 5.17 Å². The smallest absolute Gasteiger partial charge is 0.242 e. The molecule has 150 valence electrons. The first-order chi connectivity index (χ1) is 14.0. The number of benzene rings is 2. The van der Waals surface area contributed by atoms with Crippen molar-refractivity contribution in [3.63, 3.8) is 0 Å². The van der Waals surface area contributed by atoms with E-state index in [0.717, 1.165) is 11.3 Å². The molecule has 0 radical (unpaired) electrons. The predicted octanol–water partition coefficient (Wildman–Crippen LogP) is 4.15. The number of methoxy groups -OCH3 is 1. The van der Waals surface area contributed by atoms with E-state index in [1.54, 1.807) is 24.2 Å². The van der Waals surface area contributed by atoms with Crippen molar-refractivity contribution in [3.05, 3.63) is 66.7 Å². The molecule has 0 spiro atoms. The lowest BCUT2D eigenvalue weighted by Gasteiger charge is -2.14. The number of anilines is 1. The number of carbonyl (C=O) groups is 2. The molecule has 7 heteroatoms. The first-order valence-corrected chi connectivity index (χ1v) is 10.1. The van der Waals surface area contributed by atoms with E-state index in [1.807, 2.05) is 49.4 Å². The predicted molar refractivity (Wildman–Crippen MR) is 118 cm³/mol. The minimum Gasteiger partial charge on any atom is -0.497 e. The molecule has 2 amide bonds. The van der Waals surface area contributed by atoms with Gasteiger partial charge in [-0.25, -0.2) is 4.99 Å². The molecular formula is C22H23N3O3S. The maximum absolute atomic E-state index is 12.8. The van der Waals surface area contributed by atoms with Gasteiger partial charge in [0.1, 0.15) is 11.0 Å². The maximum Gasteiger partial charge on any atom is 0.242 e. The summed E-state index contributed by atoms with van der Waals surface area (Å²) in [6.07, 6.45) is 1.72. The average molecular weight is 410 g/mol. The van der Waals surface area contributed by atoms with Crippen molar-refractivity contribution in [2.45, 2.75) is 18.6 Å². The molecular weight excluding hydrogens is 386 g/mol. The third-order valence-corrected chi connectivity index (χ3v) is 5.46. The van der Waals surface area contributed by atoms with E-state index in [0.29, 0.717) is 23.1 Å². The summed E-state index contributed by atoms with van der Waals surface area (Å²) in [6.45, 7) is 6.02. The topological polar surface area (TPSA) is 71.0 Å². The van der Waals surface area contributed by atoms with E-state index in [1.165, 1.54) is 11.8 Å². The molecule has 2 aromatic rings. The summed E-state index contributed by atoms with van der Waals surface area (Å²) in [4.78, 5) is 31.5. The molecule has 0 bridgehead atoms. The van der Waals surface area contributed by atoms with Crippen LogP contribution in [-0.4, -0.2) is 40.8 Å². The van der Waals surface area contributed by atoms with Crippen LogP contribution in [0.2, 0.25) is 0 Å². The molecule has 3 rings (SSSR count). The van der Waals surface area contributed by atoms with Gasteiger partial charge in [0.05, 0.1) is 12.8 Å². The number of aliphatic imine (C=N–C) groups is 1. The number of thioether (sulfide) groups is 1. The summed E-state index contributed by atoms with van der Waals surface area (Å²) in [5.74, 6) is 0.337. The van der Waals surface area contributed by atoms with Crippen LogP contribution in [0.4, 0.5) is 11.4 Å². The lowest BCUT2D eigenvalue weighted by molar-refractivity contribution is -0.127. The molecule has 0 unspecified atom stereocenters. The fourth-order valence-electron chi connectivity index (χ4n) is 2.92. The van der Waals surface area contributed by atoms with Crippen LogP contribution in [0.15, 0.2) is 66.2 Å². The average Bonchev–Trinajstić information content (AvgIpc) is 2.97. The summed E-state index contributed by atoms with van der Waals surface area (Å²) >= 11 is 1.29. The van der Waals surface area contributed by atoms with Gasteiger partial charge in [-0.15, -0.1) is 6.58 Å². The second-order valence-electron chi connectivity index (χ2n) is 6.56. The Kier molecular flexibility index (Phi) is 6.72. The first kappa shape index (κ1) is 20.7. The Morgan fingerprint density at radius 2 is 2.10 bits per heavy atom. The zero-order valence-electron chi connectivity index (χ0n) is 16.4. The zero-order chi connectivity index (χ0) is 20.8. The Bertz CT molecular complexity index is 958. The number of nitrogens with zero attached hydrogens (tertiary/aromatic N) is 2. The second-order valence-corrected chi connectivity index (χ2v) is 7.73. The molecule has 1 N–H and O–H groups in total. The maximum atomic E-state index is 12.8. The van der Waals surface area contributed by atoms with Gasteiger partial charge in [-0.1, -0.05) is 36.0 Å². The Morgan fingerprint density at radius 1 is 1.31 bits per heavy atom. The Hall–Kier alpha value is -3.06. The fourth-order valence-corrected chi connectivity index (χ4v) is 4.08. The molecule has 29 heavy (non-hydrogen) atoms. The van der Waals surface area contributed by atoms with Gasteiger partial charge in [-0.05, 0) is 36.8 Å². The number of amidine groups is 1. The van der Waals surface area contributed by atoms with E-state index < -0.39 is 5.25 Å². The summed E-state index contributed by atoms with van der Waals surface area (Å²) in [6, 6.07) is 14.9. The molecule has 0 saturated carbocycles.